The third kappa shape index (κ3) is 4.90. The first-order valence-electron chi connectivity index (χ1n) is 8.39. The number of piperidine rings is 1. The summed E-state index contributed by atoms with van der Waals surface area (Å²) in [6, 6.07) is 0.459. The summed E-state index contributed by atoms with van der Waals surface area (Å²) in [4.78, 5) is 25.8. The molecule has 2 N–H and O–H groups in total. The van der Waals surface area contributed by atoms with Gasteiger partial charge in [-0.05, 0) is 31.6 Å². The van der Waals surface area contributed by atoms with Gasteiger partial charge in [0.2, 0.25) is 5.91 Å². The van der Waals surface area contributed by atoms with Crippen molar-refractivity contribution in [2.45, 2.75) is 58.4 Å². The van der Waals surface area contributed by atoms with Gasteiger partial charge >= 0.3 is 6.03 Å². The van der Waals surface area contributed by atoms with E-state index in [1.54, 1.807) is 0 Å². The summed E-state index contributed by atoms with van der Waals surface area (Å²) >= 11 is 0. The van der Waals surface area contributed by atoms with Crippen molar-refractivity contribution in [1.29, 1.82) is 0 Å². The van der Waals surface area contributed by atoms with Gasteiger partial charge in [-0.2, -0.15) is 0 Å². The second-order valence-corrected chi connectivity index (χ2v) is 6.78. The molecule has 120 valence electrons. The summed E-state index contributed by atoms with van der Waals surface area (Å²) in [7, 11) is 0. The molecule has 2 rings (SSSR count). The Morgan fingerprint density at radius 3 is 2.52 bits per heavy atom. The highest BCUT2D eigenvalue weighted by molar-refractivity contribution is 5.77. The Kier molecular flexibility index (Phi) is 5.88. The number of nitrogens with zero attached hydrogens (tertiary/aromatic N) is 1. The van der Waals surface area contributed by atoms with Crippen LogP contribution in [0.1, 0.15) is 52.4 Å². The first-order valence-corrected chi connectivity index (χ1v) is 8.39. The van der Waals surface area contributed by atoms with Gasteiger partial charge in [0.25, 0.3) is 0 Å². The second-order valence-electron chi connectivity index (χ2n) is 6.78. The first kappa shape index (κ1) is 16.1. The van der Waals surface area contributed by atoms with Crippen LogP contribution >= 0.6 is 0 Å². The van der Waals surface area contributed by atoms with Crippen molar-refractivity contribution in [2.24, 2.45) is 11.8 Å². The summed E-state index contributed by atoms with van der Waals surface area (Å²) in [6.07, 6.45) is 6.82. The average molecular weight is 295 g/mol. The predicted molar refractivity (Wildman–Crippen MR) is 82.9 cm³/mol. The molecule has 0 radical (unpaired) electrons. The maximum absolute atomic E-state index is 12.3. The zero-order chi connectivity index (χ0) is 15.2. The Morgan fingerprint density at radius 1 is 1.14 bits per heavy atom. The van der Waals surface area contributed by atoms with Gasteiger partial charge in [0.15, 0.2) is 0 Å². The van der Waals surface area contributed by atoms with E-state index < -0.39 is 0 Å². The smallest absolute Gasteiger partial charge is 0.317 e. The highest BCUT2D eigenvalue weighted by Gasteiger charge is 2.26. The van der Waals surface area contributed by atoms with E-state index in [-0.39, 0.29) is 17.9 Å². The van der Waals surface area contributed by atoms with Crippen LogP contribution in [-0.4, -0.2) is 42.5 Å². The zero-order valence-corrected chi connectivity index (χ0v) is 13.4. The standard InChI is InChI=1S/C16H29N3O2/c1-12(2)15(20)17-10-13-6-5-9-19(11-13)16(21)18-14-7-3-4-8-14/h12-14H,3-11H2,1-2H3,(H,17,20)(H,18,21). The molecule has 1 heterocycles. The van der Waals surface area contributed by atoms with Gasteiger partial charge in [0.1, 0.15) is 0 Å². The molecular weight excluding hydrogens is 266 g/mol. The first-order chi connectivity index (χ1) is 10.1. The van der Waals surface area contributed by atoms with Crippen molar-refractivity contribution < 1.29 is 9.59 Å². The van der Waals surface area contributed by atoms with E-state index >= 15 is 0 Å². The highest BCUT2D eigenvalue weighted by atomic mass is 16.2. The third-order valence-corrected chi connectivity index (χ3v) is 4.58. The van der Waals surface area contributed by atoms with E-state index in [4.69, 9.17) is 0 Å². The monoisotopic (exact) mass is 295 g/mol. The number of likely N-dealkylation sites (tertiary alicyclic amines) is 1. The molecule has 0 bridgehead atoms. The van der Waals surface area contributed by atoms with Crippen LogP contribution in [0.3, 0.4) is 0 Å². The molecule has 5 heteroatoms. The molecule has 2 fully saturated rings. The lowest BCUT2D eigenvalue weighted by atomic mass is 9.98. The molecule has 5 nitrogen and oxygen atoms in total. The maximum Gasteiger partial charge on any atom is 0.317 e. The molecule has 2 aliphatic rings. The van der Waals surface area contributed by atoms with Crippen LogP contribution in [-0.2, 0) is 4.79 Å². The van der Waals surface area contributed by atoms with Gasteiger partial charge in [-0.3, -0.25) is 4.79 Å². The zero-order valence-electron chi connectivity index (χ0n) is 13.4. The van der Waals surface area contributed by atoms with Gasteiger partial charge in [-0.1, -0.05) is 26.7 Å². The number of carbonyl (C=O) groups excluding carboxylic acids is 2. The Balaban J connectivity index is 1.74. The average Bonchev–Trinajstić information content (AvgIpc) is 2.97. The number of hydrogen-bond donors (Lipinski definition) is 2. The number of urea groups is 1. The summed E-state index contributed by atoms with van der Waals surface area (Å²) in [5.74, 6) is 0.508. The Morgan fingerprint density at radius 2 is 1.86 bits per heavy atom. The van der Waals surface area contributed by atoms with E-state index in [2.05, 4.69) is 10.6 Å². The van der Waals surface area contributed by atoms with Crippen LogP contribution in [0.2, 0.25) is 0 Å². The summed E-state index contributed by atoms with van der Waals surface area (Å²) < 4.78 is 0. The minimum atomic E-state index is 0.0235. The molecule has 0 aromatic heterocycles. The Bertz CT molecular complexity index is 365. The van der Waals surface area contributed by atoms with E-state index in [1.165, 1.54) is 12.8 Å². The number of rotatable bonds is 4. The molecular formula is C16H29N3O2. The van der Waals surface area contributed by atoms with Gasteiger partial charge < -0.3 is 15.5 Å². The van der Waals surface area contributed by atoms with Gasteiger partial charge in [-0.15, -0.1) is 0 Å². The summed E-state index contributed by atoms with van der Waals surface area (Å²) in [6.45, 7) is 6.09. The molecule has 1 saturated heterocycles. The molecule has 0 spiro atoms. The van der Waals surface area contributed by atoms with Crippen molar-refractivity contribution in [3.05, 3.63) is 0 Å². The minimum absolute atomic E-state index is 0.0235. The number of nitrogens with one attached hydrogen (secondary N) is 2. The molecule has 0 aromatic rings. The third-order valence-electron chi connectivity index (χ3n) is 4.58. The van der Waals surface area contributed by atoms with Crippen LogP contribution in [0.4, 0.5) is 4.79 Å². The molecule has 1 aliphatic heterocycles. The van der Waals surface area contributed by atoms with Crippen LogP contribution < -0.4 is 10.6 Å². The lowest BCUT2D eigenvalue weighted by molar-refractivity contribution is -0.124. The SMILES string of the molecule is CC(C)C(=O)NCC1CCCN(C(=O)NC2CCCC2)C1. The number of hydrogen-bond acceptors (Lipinski definition) is 2. The normalized spacial score (nSPS) is 23.4. The van der Waals surface area contributed by atoms with Gasteiger partial charge in [0, 0.05) is 31.6 Å². The van der Waals surface area contributed by atoms with Crippen LogP contribution in [0.15, 0.2) is 0 Å². The van der Waals surface area contributed by atoms with E-state index in [0.717, 1.165) is 38.8 Å². The topological polar surface area (TPSA) is 61.4 Å². The van der Waals surface area contributed by atoms with Crippen molar-refractivity contribution in [1.82, 2.24) is 15.5 Å². The minimum Gasteiger partial charge on any atom is -0.356 e. The maximum atomic E-state index is 12.3. The number of amides is 3. The van der Waals surface area contributed by atoms with Crippen LogP contribution in [0.25, 0.3) is 0 Å². The van der Waals surface area contributed by atoms with Crippen LogP contribution in [0, 0.1) is 11.8 Å². The Labute approximate surface area is 127 Å². The number of carbonyl (C=O) groups is 2. The van der Waals surface area contributed by atoms with Crippen molar-refractivity contribution in [2.75, 3.05) is 19.6 Å². The molecule has 1 saturated carbocycles. The summed E-state index contributed by atoms with van der Waals surface area (Å²) in [5.41, 5.74) is 0. The largest absolute Gasteiger partial charge is 0.356 e. The molecule has 0 aromatic carbocycles. The van der Waals surface area contributed by atoms with Gasteiger partial charge in [0.05, 0.1) is 0 Å². The summed E-state index contributed by atoms with van der Waals surface area (Å²) in [5, 5.41) is 6.14. The lowest BCUT2D eigenvalue weighted by Crippen LogP contribution is -2.49. The molecule has 3 amide bonds. The fourth-order valence-electron chi connectivity index (χ4n) is 3.20. The quantitative estimate of drug-likeness (QED) is 0.834. The van der Waals surface area contributed by atoms with Gasteiger partial charge in [-0.25, -0.2) is 4.79 Å². The fourth-order valence-corrected chi connectivity index (χ4v) is 3.20. The van der Waals surface area contributed by atoms with Crippen molar-refractivity contribution in [3.8, 4) is 0 Å². The molecule has 1 atom stereocenters. The van der Waals surface area contributed by atoms with Crippen molar-refractivity contribution >= 4 is 11.9 Å². The van der Waals surface area contributed by atoms with E-state index in [9.17, 15) is 9.59 Å². The molecule has 1 unspecified atom stereocenters. The lowest BCUT2D eigenvalue weighted by Gasteiger charge is -2.33. The van der Waals surface area contributed by atoms with Crippen LogP contribution in [0.5, 0.6) is 0 Å². The Hall–Kier alpha value is -1.26. The van der Waals surface area contributed by atoms with E-state index in [0.29, 0.717) is 18.5 Å². The fraction of sp³-hybridized carbons (Fsp3) is 0.875. The second kappa shape index (κ2) is 7.66. The predicted octanol–water partition coefficient (Wildman–Crippen LogP) is 2.12. The van der Waals surface area contributed by atoms with E-state index in [1.807, 2.05) is 18.7 Å². The molecule has 1 aliphatic carbocycles. The molecule has 21 heavy (non-hydrogen) atoms. The van der Waals surface area contributed by atoms with Crippen molar-refractivity contribution in [3.63, 3.8) is 0 Å². The highest BCUT2D eigenvalue weighted by Crippen LogP contribution is 2.20.